The van der Waals surface area contributed by atoms with Crippen LogP contribution in [0.25, 0.3) is 0 Å². The van der Waals surface area contributed by atoms with Gasteiger partial charge in [-0.2, -0.15) is 0 Å². The summed E-state index contributed by atoms with van der Waals surface area (Å²) in [5, 5.41) is 5.85. The molecule has 3 aromatic rings. The van der Waals surface area contributed by atoms with Crippen molar-refractivity contribution in [1.82, 2.24) is 5.32 Å². The second-order valence-corrected chi connectivity index (χ2v) is 7.46. The van der Waals surface area contributed by atoms with Gasteiger partial charge in [-0.25, -0.2) is 0 Å². The van der Waals surface area contributed by atoms with E-state index in [1.807, 2.05) is 68.4 Å². The van der Waals surface area contributed by atoms with Crippen LogP contribution in [0.4, 0.5) is 5.69 Å². The predicted molar refractivity (Wildman–Crippen MR) is 123 cm³/mol. The highest BCUT2D eigenvalue weighted by molar-refractivity contribution is 6.03. The summed E-state index contributed by atoms with van der Waals surface area (Å²) < 4.78 is 5.67. The maximum absolute atomic E-state index is 12.8. The monoisotopic (exact) mass is 416 g/mol. The van der Waals surface area contributed by atoms with Gasteiger partial charge in [0.1, 0.15) is 5.75 Å². The number of hydrogen-bond donors (Lipinski definition) is 2. The number of benzene rings is 3. The van der Waals surface area contributed by atoms with Crippen molar-refractivity contribution in [1.29, 1.82) is 0 Å². The average molecular weight is 417 g/mol. The van der Waals surface area contributed by atoms with Crippen molar-refractivity contribution < 1.29 is 14.3 Å². The molecule has 0 heterocycles. The first-order valence-electron chi connectivity index (χ1n) is 10.5. The van der Waals surface area contributed by atoms with Gasteiger partial charge in [-0.1, -0.05) is 60.2 Å². The first-order chi connectivity index (χ1) is 15.0. The van der Waals surface area contributed by atoms with Crippen LogP contribution in [-0.4, -0.2) is 18.4 Å². The number of hydrogen-bond acceptors (Lipinski definition) is 3. The van der Waals surface area contributed by atoms with E-state index in [9.17, 15) is 9.59 Å². The van der Waals surface area contributed by atoms with Crippen LogP contribution in [0.3, 0.4) is 0 Å². The van der Waals surface area contributed by atoms with E-state index < -0.39 is 0 Å². The molecule has 3 aromatic carbocycles. The van der Waals surface area contributed by atoms with Gasteiger partial charge in [0, 0.05) is 6.42 Å². The number of rotatable bonds is 9. The second kappa shape index (κ2) is 11.0. The van der Waals surface area contributed by atoms with Crippen molar-refractivity contribution in [2.24, 2.45) is 0 Å². The first-order valence-corrected chi connectivity index (χ1v) is 10.5. The fourth-order valence-electron chi connectivity index (χ4n) is 3.16. The van der Waals surface area contributed by atoms with E-state index in [1.54, 1.807) is 24.3 Å². The standard InChI is InChI=1S/C26H28N2O3/c1-19-14-16-22(17-15-19)31-18-8-13-25(29)28-24-12-7-6-11-23(24)26(30)27-20(2)21-9-4-3-5-10-21/h3-7,9-12,14-17,20H,8,13,18H2,1-2H3,(H,27,30)(H,28,29)/t20-/m0/s1. The molecule has 0 radical (unpaired) electrons. The largest absolute Gasteiger partial charge is 0.494 e. The van der Waals surface area contributed by atoms with Gasteiger partial charge in [-0.3, -0.25) is 9.59 Å². The zero-order valence-corrected chi connectivity index (χ0v) is 17.9. The third kappa shape index (κ3) is 6.71. The Kier molecular flexibility index (Phi) is 7.82. The molecule has 2 N–H and O–H groups in total. The minimum atomic E-state index is -0.227. The van der Waals surface area contributed by atoms with Gasteiger partial charge in [0.2, 0.25) is 5.91 Å². The van der Waals surface area contributed by atoms with Crippen LogP contribution in [0.1, 0.15) is 47.3 Å². The van der Waals surface area contributed by atoms with E-state index in [4.69, 9.17) is 4.74 Å². The lowest BCUT2D eigenvalue weighted by molar-refractivity contribution is -0.116. The van der Waals surface area contributed by atoms with Crippen molar-refractivity contribution in [2.45, 2.75) is 32.7 Å². The molecule has 0 bridgehead atoms. The van der Waals surface area contributed by atoms with Crippen molar-refractivity contribution in [2.75, 3.05) is 11.9 Å². The van der Waals surface area contributed by atoms with E-state index in [0.717, 1.165) is 11.3 Å². The molecule has 160 valence electrons. The SMILES string of the molecule is Cc1ccc(OCCCC(=O)Nc2ccccc2C(=O)N[C@@H](C)c2ccccc2)cc1. The molecule has 1 atom stereocenters. The molecule has 0 aliphatic heterocycles. The molecule has 0 fully saturated rings. The Hall–Kier alpha value is -3.60. The normalized spacial score (nSPS) is 11.4. The molecule has 0 unspecified atom stereocenters. The van der Waals surface area contributed by atoms with Gasteiger partial charge in [0.25, 0.3) is 5.91 Å². The third-order valence-electron chi connectivity index (χ3n) is 4.93. The smallest absolute Gasteiger partial charge is 0.253 e. The summed E-state index contributed by atoms with van der Waals surface area (Å²) in [6.07, 6.45) is 0.890. The maximum Gasteiger partial charge on any atom is 0.253 e. The van der Waals surface area contributed by atoms with Crippen molar-refractivity contribution in [3.05, 3.63) is 95.6 Å². The highest BCUT2D eigenvalue weighted by Crippen LogP contribution is 2.18. The topological polar surface area (TPSA) is 67.4 Å². The minimum Gasteiger partial charge on any atom is -0.494 e. The maximum atomic E-state index is 12.8. The van der Waals surface area contributed by atoms with Gasteiger partial charge in [-0.05, 0) is 50.1 Å². The van der Waals surface area contributed by atoms with E-state index in [-0.39, 0.29) is 17.9 Å². The van der Waals surface area contributed by atoms with Gasteiger partial charge in [0.15, 0.2) is 0 Å². The van der Waals surface area contributed by atoms with Crippen LogP contribution in [0.2, 0.25) is 0 Å². The minimum absolute atomic E-state index is 0.142. The average Bonchev–Trinajstić information content (AvgIpc) is 2.79. The zero-order valence-electron chi connectivity index (χ0n) is 17.9. The van der Waals surface area contributed by atoms with E-state index in [1.165, 1.54) is 5.56 Å². The van der Waals surface area contributed by atoms with Gasteiger partial charge in [0.05, 0.1) is 23.9 Å². The van der Waals surface area contributed by atoms with E-state index in [2.05, 4.69) is 10.6 Å². The van der Waals surface area contributed by atoms with Crippen LogP contribution >= 0.6 is 0 Å². The summed E-state index contributed by atoms with van der Waals surface area (Å²) in [7, 11) is 0. The summed E-state index contributed by atoms with van der Waals surface area (Å²) >= 11 is 0. The third-order valence-corrected chi connectivity index (χ3v) is 4.93. The Labute approximate surface area is 183 Å². The fourth-order valence-corrected chi connectivity index (χ4v) is 3.16. The lowest BCUT2D eigenvalue weighted by Crippen LogP contribution is -2.28. The summed E-state index contributed by atoms with van der Waals surface area (Å²) in [4.78, 5) is 25.2. The molecular weight excluding hydrogens is 388 g/mol. The molecule has 5 heteroatoms. The summed E-state index contributed by atoms with van der Waals surface area (Å²) in [5.41, 5.74) is 3.14. The number of amides is 2. The number of nitrogens with one attached hydrogen (secondary N) is 2. The first kappa shape index (κ1) is 22.1. The van der Waals surface area contributed by atoms with Crippen LogP contribution in [0, 0.1) is 6.92 Å². The quantitative estimate of drug-likeness (QED) is 0.466. The summed E-state index contributed by atoms with van der Waals surface area (Å²) in [6.45, 7) is 4.41. The van der Waals surface area contributed by atoms with Gasteiger partial charge < -0.3 is 15.4 Å². The molecule has 0 spiro atoms. The Morgan fingerprint density at radius 1 is 0.903 bits per heavy atom. The van der Waals surface area contributed by atoms with Crippen LogP contribution in [-0.2, 0) is 4.79 Å². The predicted octanol–water partition coefficient (Wildman–Crippen LogP) is 5.28. The molecular formula is C26H28N2O3. The summed E-state index contributed by atoms with van der Waals surface area (Å²) in [5.74, 6) is 0.416. The lowest BCUT2D eigenvalue weighted by Gasteiger charge is -2.16. The zero-order chi connectivity index (χ0) is 22.1. The Balaban J connectivity index is 1.51. The Morgan fingerprint density at radius 3 is 2.32 bits per heavy atom. The highest BCUT2D eigenvalue weighted by atomic mass is 16.5. The van der Waals surface area contributed by atoms with Crippen molar-refractivity contribution in [3.8, 4) is 5.75 Å². The molecule has 0 saturated heterocycles. The Bertz CT molecular complexity index is 1000. The molecule has 5 nitrogen and oxygen atoms in total. The van der Waals surface area contributed by atoms with E-state index >= 15 is 0 Å². The number of aryl methyl sites for hydroxylation is 1. The number of carbonyl (C=O) groups excluding carboxylic acids is 2. The number of anilines is 1. The molecule has 2 amide bonds. The number of para-hydroxylation sites is 1. The summed E-state index contributed by atoms with van der Waals surface area (Å²) in [6, 6.07) is 24.5. The van der Waals surface area contributed by atoms with Crippen LogP contribution < -0.4 is 15.4 Å². The molecule has 0 aliphatic rings. The van der Waals surface area contributed by atoms with E-state index in [0.29, 0.717) is 30.7 Å². The number of carbonyl (C=O) groups is 2. The molecule has 0 aromatic heterocycles. The fraction of sp³-hybridized carbons (Fsp3) is 0.231. The van der Waals surface area contributed by atoms with Crippen molar-refractivity contribution >= 4 is 17.5 Å². The Morgan fingerprint density at radius 2 is 1.58 bits per heavy atom. The van der Waals surface area contributed by atoms with Crippen LogP contribution in [0.15, 0.2) is 78.9 Å². The molecule has 3 rings (SSSR count). The number of ether oxygens (including phenoxy) is 1. The van der Waals surface area contributed by atoms with Gasteiger partial charge >= 0.3 is 0 Å². The highest BCUT2D eigenvalue weighted by Gasteiger charge is 2.16. The molecule has 0 aliphatic carbocycles. The molecule has 31 heavy (non-hydrogen) atoms. The second-order valence-electron chi connectivity index (χ2n) is 7.46. The van der Waals surface area contributed by atoms with Crippen LogP contribution in [0.5, 0.6) is 5.75 Å². The van der Waals surface area contributed by atoms with Gasteiger partial charge in [-0.15, -0.1) is 0 Å². The van der Waals surface area contributed by atoms with Crippen molar-refractivity contribution in [3.63, 3.8) is 0 Å². The lowest BCUT2D eigenvalue weighted by atomic mass is 10.1. The molecule has 0 saturated carbocycles.